The first-order chi connectivity index (χ1) is 8.74. The zero-order valence-electron chi connectivity index (χ0n) is 10.4. The molecule has 2 unspecified atom stereocenters. The lowest BCUT2D eigenvalue weighted by Crippen LogP contribution is -2.27. The van der Waals surface area contributed by atoms with Crippen molar-refractivity contribution in [1.82, 2.24) is 10.3 Å². The molecule has 4 nitrogen and oxygen atoms in total. The van der Waals surface area contributed by atoms with Crippen molar-refractivity contribution in [3.05, 3.63) is 29.6 Å². The molecule has 1 amide bonds. The molecule has 0 saturated heterocycles. The fourth-order valence-corrected chi connectivity index (χ4v) is 1.87. The molecule has 0 radical (unpaired) electrons. The Hall–Kier alpha value is -1.86. The predicted molar refractivity (Wildman–Crippen MR) is 69.8 cm³/mol. The standard InChI is InChI=1S/C14H17N3O/c1-2-11-8-13(11)17-14(18)12-6-5-10(9-16-12)4-3-7-15/h5-6,9,11,13H,2,7-8,15H2,1H3,(H,17,18). The van der Waals surface area contributed by atoms with Crippen molar-refractivity contribution in [3.8, 4) is 11.8 Å². The smallest absolute Gasteiger partial charge is 0.270 e. The summed E-state index contributed by atoms with van der Waals surface area (Å²) in [5.74, 6) is 6.16. The van der Waals surface area contributed by atoms with Crippen LogP contribution in [0.3, 0.4) is 0 Å². The van der Waals surface area contributed by atoms with Gasteiger partial charge in [-0.05, 0) is 24.5 Å². The van der Waals surface area contributed by atoms with Crippen LogP contribution in [0.15, 0.2) is 18.3 Å². The Kier molecular flexibility index (Phi) is 3.96. The Labute approximate surface area is 107 Å². The Morgan fingerprint density at radius 2 is 2.44 bits per heavy atom. The molecule has 2 atom stereocenters. The number of nitrogens with zero attached hydrogens (tertiary/aromatic N) is 1. The fraction of sp³-hybridized carbons (Fsp3) is 0.429. The lowest BCUT2D eigenvalue weighted by atomic mass is 10.2. The average Bonchev–Trinajstić information content (AvgIpc) is 3.15. The summed E-state index contributed by atoms with van der Waals surface area (Å²) in [7, 11) is 0. The van der Waals surface area contributed by atoms with Gasteiger partial charge < -0.3 is 11.1 Å². The van der Waals surface area contributed by atoms with Gasteiger partial charge in [0, 0.05) is 17.8 Å². The summed E-state index contributed by atoms with van der Waals surface area (Å²) in [6.07, 6.45) is 3.80. The summed E-state index contributed by atoms with van der Waals surface area (Å²) >= 11 is 0. The van der Waals surface area contributed by atoms with Gasteiger partial charge in [0.1, 0.15) is 5.69 Å². The Morgan fingerprint density at radius 1 is 1.61 bits per heavy atom. The van der Waals surface area contributed by atoms with Crippen LogP contribution in [0, 0.1) is 17.8 Å². The van der Waals surface area contributed by atoms with E-state index in [4.69, 9.17) is 5.73 Å². The van der Waals surface area contributed by atoms with Crippen molar-refractivity contribution in [3.63, 3.8) is 0 Å². The number of hydrogen-bond donors (Lipinski definition) is 2. The molecule has 0 bridgehead atoms. The van der Waals surface area contributed by atoms with E-state index < -0.39 is 0 Å². The van der Waals surface area contributed by atoms with Gasteiger partial charge in [-0.2, -0.15) is 0 Å². The minimum atomic E-state index is -0.103. The normalized spacial score (nSPS) is 20.8. The van der Waals surface area contributed by atoms with Gasteiger partial charge in [0.2, 0.25) is 0 Å². The molecule has 1 aromatic heterocycles. The summed E-state index contributed by atoms with van der Waals surface area (Å²) in [6.45, 7) is 2.46. The number of carbonyl (C=O) groups excluding carboxylic acids is 1. The second-order valence-corrected chi connectivity index (χ2v) is 4.42. The minimum absolute atomic E-state index is 0.103. The third-order valence-electron chi connectivity index (χ3n) is 3.09. The summed E-state index contributed by atoms with van der Waals surface area (Å²) in [5, 5.41) is 2.98. The van der Waals surface area contributed by atoms with E-state index in [0.29, 0.717) is 24.2 Å². The SMILES string of the molecule is CCC1CC1NC(=O)c1ccc(C#CCN)cn1. The number of rotatable bonds is 3. The van der Waals surface area contributed by atoms with E-state index in [-0.39, 0.29) is 5.91 Å². The lowest BCUT2D eigenvalue weighted by Gasteiger charge is -2.03. The minimum Gasteiger partial charge on any atom is -0.348 e. The molecule has 1 aliphatic carbocycles. The maximum Gasteiger partial charge on any atom is 0.270 e. The van der Waals surface area contributed by atoms with Crippen LogP contribution >= 0.6 is 0 Å². The number of pyridine rings is 1. The lowest BCUT2D eigenvalue weighted by molar-refractivity contribution is 0.0944. The number of amides is 1. The molecular formula is C14H17N3O. The summed E-state index contributed by atoms with van der Waals surface area (Å²) in [6, 6.07) is 3.81. The van der Waals surface area contributed by atoms with Crippen molar-refractivity contribution in [2.24, 2.45) is 11.7 Å². The third kappa shape index (κ3) is 3.08. The van der Waals surface area contributed by atoms with Crippen LogP contribution in [-0.2, 0) is 0 Å². The number of carbonyl (C=O) groups is 1. The molecule has 1 saturated carbocycles. The number of nitrogens with two attached hydrogens (primary N) is 1. The first-order valence-electron chi connectivity index (χ1n) is 6.20. The van der Waals surface area contributed by atoms with Crippen molar-refractivity contribution in [1.29, 1.82) is 0 Å². The van der Waals surface area contributed by atoms with Crippen LogP contribution in [0.4, 0.5) is 0 Å². The topological polar surface area (TPSA) is 68.0 Å². The first-order valence-corrected chi connectivity index (χ1v) is 6.20. The Bertz CT molecular complexity index is 484. The van der Waals surface area contributed by atoms with Gasteiger partial charge in [-0.3, -0.25) is 4.79 Å². The van der Waals surface area contributed by atoms with Gasteiger partial charge in [0.15, 0.2) is 0 Å². The van der Waals surface area contributed by atoms with Crippen molar-refractivity contribution >= 4 is 5.91 Å². The fourth-order valence-electron chi connectivity index (χ4n) is 1.87. The second-order valence-electron chi connectivity index (χ2n) is 4.42. The summed E-state index contributed by atoms with van der Waals surface area (Å²) in [4.78, 5) is 16.0. The highest BCUT2D eigenvalue weighted by Crippen LogP contribution is 2.33. The Morgan fingerprint density at radius 3 is 3.00 bits per heavy atom. The van der Waals surface area contributed by atoms with E-state index in [9.17, 15) is 4.79 Å². The zero-order valence-corrected chi connectivity index (χ0v) is 10.4. The molecule has 18 heavy (non-hydrogen) atoms. The summed E-state index contributed by atoms with van der Waals surface area (Å²) < 4.78 is 0. The highest BCUT2D eigenvalue weighted by Gasteiger charge is 2.36. The van der Waals surface area contributed by atoms with Crippen molar-refractivity contribution in [2.75, 3.05) is 6.54 Å². The molecule has 1 aromatic rings. The van der Waals surface area contributed by atoms with Gasteiger partial charge in [-0.1, -0.05) is 25.2 Å². The molecule has 3 N–H and O–H groups in total. The molecular weight excluding hydrogens is 226 g/mol. The highest BCUT2D eigenvalue weighted by molar-refractivity contribution is 5.92. The van der Waals surface area contributed by atoms with Crippen LogP contribution in [0.1, 0.15) is 35.8 Å². The predicted octanol–water partition coefficient (Wildman–Crippen LogP) is 0.920. The first kappa shape index (κ1) is 12.6. The van der Waals surface area contributed by atoms with Gasteiger partial charge in [-0.25, -0.2) is 4.98 Å². The van der Waals surface area contributed by atoms with E-state index in [0.717, 1.165) is 18.4 Å². The molecule has 4 heteroatoms. The van der Waals surface area contributed by atoms with Crippen molar-refractivity contribution in [2.45, 2.75) is 25.8 Å². The number of hydrogen-bond acceptors (Lipinski definition) is 3. The monoisotopic (exact) mass is 243 g/mol. The van der Waals surface area contributed by atoms with Crippen molar-refractivity contribution < 1.29 is 4.79 Å². The van der Waals surface area contributed by atoms with E-state index >= 15 is 0 Å². The quantitative estimate of drug-likeness (QED) is 0.776. The number of aromatic nitrogens is 1. The Balaban J connectivity index is 1.95. The molecule has 0 aromatic carbocycles. The molecule has 0 aliphatic heterocycles. The molecule has 0 spiro atoms. The molecule has 2 rings (SSSR count). The number of nitrogens with one attached hydrogen (secondary N) is 1. The maximum absolute atomic E-state index is 11.9. The van der Waals surface area contributed by atoms with Gasteiger partial charge in [0.05, 0.1) is 6.54 Å². The van der Waals surface area contributed by atoms with E-state index in [1.165, 1.54) is 0 Å². The van der Waals surface area contributed by atoms with Crippen LogP contribution in [0.5, 0.6) is 0 Å². The molecule has 1 fully saturated rings. The van der Waals surface area contributed by atoms with Crippen LogP contribution in [0.2, 0.25) is 0 Å². The van der Waals surface area contributed by atoms with Crippen LogP contribution in [-0.4, -0.2) is 23.5 Å². The van der Waals surface area contributed by atoms with Gasteiger partial charge >= 0.3 is 0 Å². The average molecular weight is 243 g/mol. The van der Waals surface area contributed by atoms with Gasteiger partial charge in [-0.15, -0.1) is 0 Å². The highest BCUT2D eigenvalue weighted by atomic mass is 16.2. The largest absolute Gasteiger partial charge is 0.348 e. The van der Waals surface area contributed by atoms with Crippen LogP contribution < -0.4 is 11.1 Å². The molecule has 1 aliphatic rings. The molecule has 94 valence electrons. The van der Waals surface area contributed by atoms with Gasteiger partial charge in [0.25, 0.3) is 5.91 Å². The molecule has 1 heterocycles. The maximum atomic E-state index is 11.9. The third-order valence-corrected chi connectivity index (χ3v) is 3.09. The van der Waals surface area contributed by atoms with E-state index in [1.54, 1.807) is 18.3 Å². The zero-order chi connectivity index (χ0) is 13.0. The summed E-state index contributed by atoms with van der Waals surface area (Å²) in [5.41, 5.74) is 6.50. The van der Waals surface area contributed by atoms with E-state index in [1.807, 2.05) is 0 Å². The van der Waals surface area contributed by atoms with E-state index in [2.05, 4.69) is 29.1 Å². The van der Waals surface area contributed by atoms with Crippen LogP contribution in [0.25, 0.3) is 0 Å². The second kappa shape index (κ2) is 5.65.